The highest BCUT2D eigenvalue weighted by atomic mass is 16.5. The van der Waals surface area contributed by atoms with Crippen LogP contribution in [0.2, 0.25) is 0 Å². The molecule has 170 valence electrons. The molecule has 0 atom stereocenters. The molecule has 2 heterocycles. The molecular weight excluding hydrogens is 424 g/mol. The summed E-state index contributed by atoms with van der Waals surface area (Å²) in [6.45, 7) is 3.53. The maximum absolute atomic E-state index is 11.8. The van der Waals surface area contributed by atoms with Gasteiger partial charge in [0.05, 0.1) is 5.69 Å². The van der Waals surface area contributed by atoms with E-state index in [0.717, 1.165) is 22.3 Å². The summed E-state index contributed by atoms with van der Waals surface area (Å²) in [5.41, 5.74) is 2.38. The lowest BCUT2D eigenvalue weighted by molar-refractivity contribution is 0.0586. The number of tetrazole rings is 1. The number of imidazole rings is 1. The number of methoxy groups -OCH3 is 1. The summed E-state index contributed by atoms with van der Waals surface area (Å²) in [7, 11) is 1.51. The zero-order valence-corrected chi connectivity index (χ0v) is 18.5. The number of ether oxygens (including phenoxy) is 1. The zero-order chi connectivity index (χ0) is 23.6. The van der Waals surface area contributed by atoms with Gasteiger partial charge in [0.25, 0.3) is 0 Å². The van der Waals surface area contributed by atoms with Crippen molar-refractivity contribution in [2.45, 2.75) is 32.6 Å². The van der Waals surface area contributed by atoms with Crippen LogP contribution in [0.5, 0.6) is 0 Å². The molecule has 4 aromatic rings. The van der Waals surface area contributed by atoms with E-state index >= 15 is 0 Å². The number of carboxylic acid groups (broad SMARTS) is 1. The first kappa shape index (κ1) is 22.3. The van der Waals surface area contributed by atoms with Gasteiger partial charge in [0.2, 0.25) is 0 Å². The number of carboxylic acids is 1. The van der Waals surface area contributed by atoms with Crippen LogP contribution in [0.1, 0.15) is 41.4 Å². The highest BCUT2D eigenvalue weighted by Crippen LogP contribution is 2.31. The average molecular weight is 448 g/mol. The Balaban J connectivity index is 1.71. The fourth-order valence-electron chi connectivity index (χ4n) is 3.86. The van der Waals surface area contributed by atoms with Gasteiger partial charge in [-0.2, -0.15) is 0 Å². The average Bonchev–Trinajstić information content (AvgIpc) is 3.43. The number of aliphatic hydroxyl groups is 1. The number of H-pyrrole nitrogens is 1. The topological polar surface area (TPSA) is 139 Å². The van der Waals surface area contributed by atoms with Crippen LogP contribution in [0.15, 0.2) is 48.5 Å². The zero-order valence-electron chi connectivity index (χ0n) is 18.5. The Morgan fingerprint density at radius 1 is 1.12 bits per heavy atom. The maximum atomic E-state index is 11.8. The van der Waals surface area contributed by atoms with Crippen LogP contribution in [0.25, 0.3) is 22.5 Å². The van der Waals surface area contributed by atoms with Crippen molar-refractivity contribution < 1.29 is 19.7 Å². The van der Waals surface area contributed by atoms with Gasteiger partial charge in [-0.3, -0.25) is 0 Å². The molecule has 0 radical (unpaired) electrons. The summed E-state index contributed by atoms with van der Waals surface area (Å²) >= 11 is 0. The van der Waals surface area contributed by atoms with Crippen LogP contribution in [0, 0.1) is 0 Å². The van der Waals surface area contributed by atoms with E-state index in [0.29, 0.717) is 18.2 Å². The quantitative estimate of drug-likeness (QED) is 0.374. The maximum Gasteiger partial charge on any atom is 0.356 e. The Hall–Kier alpha value is -3.89. The molecule has 0 fully saturated rings. The lowest BCUT2D eigenvalue weighted by Crippen LogP contribution is -2.25. The van der Waals surface area contributed by atoms with Gasteiger partial charge in [0.1, 0.15) is 18.0 Å². The van der Waals surface area contributed by atoms with Crippen LogP contribution in [-0.4, -0.2) is 53.5 Å². The molecule has 4 rings (SSSR count). The second kappa shape index (κ2) is 8.93. The molecule has 0 saturated carbocycles. The fourth-order valence-corrected chi connectivity index (χ4v) is 3.86. The number of nitrogens with zero attached hydrogens (tertiary/aromatic N) is 5. The van der Waals surface area contributed by atoms with E-state index in [1.54, 1.807) is 18.4 Å². The van der Waals surface area contributed by atoms with E-state index in [1.807, 2.05) is 48.5 Å². The van der Waals surface area contributed by atoms with Crippen molar-refractivity contribution in [2.75, 3.05) is 7.11 Å². The van der Waals surface area contributed by atoms with E-state index in [-0.39, 0.29) is 18.0 Å². The normalized spacial score (nSPS) is 11.6. The van der Waals surface area contributed by atoms with E-state index < -0.39 is 11.6 Å². The molecule has 2 aromatic heterocycles. The Labute approximate surface area is 189 Å². The Morgan fingerprint density at radius 2 is 1.82 bits per heavy atom. The van der Waals surface area contributed by atoms with Crippen molar-refractivity contribution in [1.29, 1.82) is 0 Å². The minimum Gasteiger partial charge on any atom is -0.476 e. The van der Waals surface area contributed by atoms with E-state index in [4.69, 9.17) is 4.74 Å². The summed E-state index contributed by atoms with van der Waals surface area (Å²) in [5.74, 6) is -0.190. The van der Waals surface area contributed by atoms with E-state index in [1.165, 1.54) is 7.11 Å². The molecule has 2 aromatic carbocycles. The number of carbonyl (C=O) groups is 1. The number of benzene rings is 2. The smallest absolute Gasteiger partial charge is 0.356 e. The van der Waals surface area contributed by atoms with Crippen LogP contribution >= 0.6 is 0 Å². The third kappa shape index (κ3) is 4.52. The van der Waals surface area contributed by atoms with Crippen molar-refractivity contribution in [3.63, 3.8) is 0 Å². The van der Waals surface area contributed by atoms with Crippen molar-refractivity contribution in [1.82, 2.24) is 30.2 Å². The van der Waals surface area contributed by atoms with Gasteiger partial charge in [-0.25, -0.2) is 14.9 Å². The molecule has 0 spiro atoms. The lowest BCUT2D eigenvalue weighted by Gasteiger charge is -2.22. The minimum atomic E-state index is -1.41. The fraction of sp³-hybridized carbons (Fsp3) is 0.261. The van der Waals surface area contributed by atoms with E-state index in [2.05, 4.69) is 25.6 Å². The Kier molecular flexibility index (Phi) is 6.03. The highest BCUT2D eigenvalue weighted by Gasteiger charge is 2.32. The van der Waals surface area contributed by atoms with Crippen molar-refractivity contribution in [2.24, 2.45) is 0 Å². The lowest BCUT2D eigenvalue weighted by atomic mass is 9.98. The molecule has 0 aliphatic heterocycles. The summed E-state index contributed by atoms with van der Waals surface area (Å²) in [4.78, 5) is 16.0. The number of hydrogen-bond acceptors (Lipinski definition) is 7. The van der Waals surface area contributed by atoms with Crippen LogP contribution in [0.3, 0.4) is 0 Å². The van der Waals surface area contributed by atoms with Crippen molar-refractivity contribution in [3.8, 4) is 22.5 Å². The molecule has 10 heteroatoms. The molecule has 0 aliphatic rings. The Morgan fingerprint density at radius 3 is 2.39 bits per heavy atom. The summed E-state index contributed by atoms with van der Waals surface area (Å²) in [6, 6.07) is 15.7. The molecule has 0 aliphatic carbocycles. The third-order valence-electron chi connectivity index (χ3n) is 5.24. The van der Waals surface area contributed by atoms with Crippen molar-refractivity contribution >= 4 is 5.97 Å². The molecule has 0 bridgehead atoms. The van der Waals surface area contributed by atoms with Gasteiger partial charge < -0.3 is 19.5 Å². The number of aromatic nitrogens is 6. The SMILES string of the molecule is COCc1nc(C(=O)O)c(C(C)(C)O)n1Cc1ccc(-c2ccccc2-c2nnn[nH]2)cc1. The van der Waals surface area contributed by atoms with Crippen molar-refractivity contribution in [3.05, 3.63) is 71.3 Å². The van der Waals surface area contributed by atoms with Gasteiger partial charge >= 0.3 is 5.97 Å². The predicted octanol–water partition coefficient (Wildman–Crippen LogP) is 2.85. The molecule has 3 N–H and O–H groups in total. The minimum absolute atomic E-state index is 0.118. The van der Waals surface area contributed by atoms with Crippen LogP contribution in [-0.2, 0) is 23.5 Å². The first-order valence-electron chi connectivity index (χ1n) is 10.3. The molecule has 0 saturated heterocycles. The number of aromatic carboxylic acids is 1. The molecular formula is C23H24N6O4. The predicted molar refractivity (Wildman–Crippen MR) is 119 cm³/mol. The van der Waals surface area contributed by atoms with E-state index in [9.17, 15) is 15.0 Å². The number of nitrogens with one attached hydrogen (secondary N) is 1. The van der Waals surface area contributed by atoms with Crippen LogP contribution in [0.4, 0.5) is 0 Å². The van der Waals surface area contributed by atoms with Gasteiger partial charge in [-0.05, 0) is 41.0 Å². The van der Waals surface area contributed by atoms with Crippen LogP contribution < -0.4 is 0 Å². The first-order chi connectivity index (χ1) is 15.8. The van der Waals surface area contributed by atoms with Gasteiger partial charge in [-0.15, -0.1) is 5.10 Å². The molecule has 33 heavy (non-hydrogen) atoms. The standard InChI is InChI=1S/C23H24N6O4/c1-23(2,32)20-19(22(30)31)24-18(13-33-3)29(20)12-14-8-10-15(11-9-14)16-6-4-5-7-17(16)21-25-27-28-26-21/h4-11,32H,12-13H2,1-3H3,(H,30,31)(H,25,26,27,28). The van der Waals surface area contributed by atoms with Gasteiger partial charge in [0, 0.05) is 19.2 Å². The molecule has 0 unspecified atom stereocenters. The molecule has 0 amide bonds. The number of hydrogen-bond donors (Lipinski definition) is 3. The van der Waals surface area contributed by atoms with Gasteiger partial charge in [-0.1, -0.05) is 48.5 Å². The third-order valence-corrected chi connectivity index (χ3v) is 5.24. The highest BCUT2D eigenvalue weighted by molar-refractivity contribution is 5.87. The Bertz CT molecular complexity index is 1260. The summed E-state index contributed by atoms with van der Waals surface area (Å²) in [6.07, 6.45) is 0. The number of rotatable bonds is 8. The molecule has 10 nitrogen and oxygen atoms in total. The largest absolute Gasteiger partial charge is 0.476 e. The second-order valence-corrected chi connectivity index (χ2v) is 8.10. The monoisotopic (exact) mass is 448 g/mol. The second-order valence-electron chi connectivity index (χ2n) is 8.10. The first-order valence-corrected chi connectivity index (χ1v) is 10.3. The summed E-state index contributed by atoms with van der Waals surface area (Å²) in [5, 5.41) is 34.4. The van der Waals surface area contributed by atoms with Gasteiger partial charge in [0.15, 0.2) is 11.5 Å². The number of aromatic amines is 1. The summed E-state index contributed by atoms with van der Waals surface area (Å²) < 4.78 is 6.92.